The van der Waals surface area contributed by atoms with Gasteiger partial charge in [0.15, 0.2) is 5.78 Å². The molecule has 0 bridgehead atoms. The Morgan fingerprint density at radius 2 is 1.68 bits per heavy atom. The SMILES string of the molecule is COc1ccc(-c2ccc(C(=O)CCNC(C)C(O)c3ccccc3)cc2OC)cc1. The highest BCUT2D eigenvalue weighted by Crippen LogP contribution is 2.32. The molecule has 0 fully saturated rings. The lowest BCUT2D eigenvalue weighted by molar-refractivity contribution is 0.0972. The average molecular weight is 420 g/mol. The van der Waals surface area contributed by atoms with Crippen LogP contribution in [0.2, 0.25) is 0 Å². The molecule has 2 atom stereocenters. The van der Waals surface area contributed by atoms with Crippen LogP contribution in [0.4, 0.5) is 0 Å². The first-order chi connectivity index (χ1) is 15.0. The van der Waals surface area contributed by atoms with E-state index in [1.54, 1.807) is 20.3 Å². The molecule has 5 nitrogen and oxygen atoms in total. The molecule has 0 heterocycles. The Morgan fingerprint density at radius 1 is 0.968 bits per heavy atom. The number of carbonyl (C=O) groups excluding carboxylic acids is 1. The van der Waals surface area contributed by atoms with Gasteiger partial charge in [0.25, 0.3) is 0 Å². The predicted molar refractivity (Wildman–Crippen MR) is 123 cm³/mol. The van der Waals surface area contributed by atoms with Crippen molar-refractivity contribution in [3.05, 3.63) is 83.9 Å². The Bertz CT molecular complexity index is 986. The molecule has 3 rings (SSSR count). The Balaban J connectivity index is 1.61. The zero-order chi connectivity index (χ0) is 22.2. The molecular formula is C26H29NO4. The maximum Gasteiger partial charge on any atom is 0.164 e. The molecule has 0 saturated carbocycles. The van der Waals surface area contributed by atoms with E-state index in [0.717, 1.165) is 22.4 Å². The number of hydrogen-bond acceptors (Lipinski definition) is 5. The van der Waals surface area contributed by atoms with Crippen LogP contribution in [0.25, 0.3) is 11.1 Å². The van der Waals surface area contributed by atoms with E-state index in [1.807, 2.05) is 73.7 Å². The van der Waals surface area contributed by atoms with Crippen molar-refractivity contribution < 1.29 is 19.4 Å². The van der Waals surface area contributed by atoms with Gasteiger partial charge in [-0.05, 0) is 42.3 Å². The van der Waals surface area contributed by atoms with Crippen molar-refractivity contribution in [2.75, 3.05) is 20.8 Å². The van der Waals surface area contributed by atoms with E-state index in [4.69, 9.17) is 9.47 Å². The fourth-order valence-electron chi connectivity index (χ4n) is 3.48. The van der Waals surface area contributed by atoms with Gasteiger partial charge in [0.05, 0.1) is 20.3 Å². The van der Waals surface area contributed by atoms with Crippen LogP contribution in [0.3, 0.4) is 0 Å². The average Bonchev–Trinajstić information content (AvgIpc) is 2.83. The predicted octanol–water partition coefficient (Wildman–Crippen LogP) is 4.66. The van der Waals surface area contributed by atoms with Crippen LogP contribution < -0.4 is 14.8 Å². The van der Waals surface area contributed by atoms with E-state index < -0.39 is 6.10 Å². The van der Waals surface area contributed by atoms with Gasteiger partial charge >= 0.3 is 0 Å². The first-order valence-corrected chi connectivity index (χ1v) is 10.4. The second kappa shape index (κ2) is 10.8. The molecule has 31 heavy (non-hydrogen) atoms. The molecular weight excluding hydrogens is 390 g/mol. The summed E-state index contributed by atoms with van der Waals surface area (Å²) in [5.74, 6) is 1.46. The second-order valence-corrected chi connectivity index (χ2v) is 7.42. The molecule has 0 saturated heterocycles. The standard InChI is InChI=1S/C26H29NO4/c1-18(26(29)20-7-5-4-6-8-20)27-16-15-24(28)21-11-14-23(25(17-21)31-3)19-9-12-22(30-2)13-10-19/h4-14,17-18,26-27,29H,15-16H2,1-3H3. The second-order valence-electron chi connectivity index (χ2n) is 7.42. The summed E-state index contributed by atoms with van der Waals surface area (Å²) in [6.45, 7) is 2.39. The first-order valence-electron chi connectivity index (χ1n) is 10.4. The summed E-state index contributed by atoms with van der Waals surface area (Å²) in [7, 11) is 3.23. The van der Waals surface area contributed by atoms with Gasteiger partial charge in [0.2, 0.25) is 0 Å². The number of methoxy groups -OCH3 is 2. The maximum atomic E-state index is 12.7. The Kier molecular flexibility index (Phi) is 7.82. The molecule has 0 radical (unpaired) electrons. The highest BCUT2D eigenvalue weighted by atomic mass is 16.5. The molecule has 2 N–H and O–H groups in total. The summed E-state index contributed by atoms with van der Waals surface area (Å²) in [5.41, 5.74) is 3.36. The molecule has 0 spiro atoms. The minimum Gasteiger partial charge on any atom is -0.497 e. The number of ketones is 1. The minimum absolute atomic E-state index is 0.0217. The molecule has 3 aromatic rings. The number of nitrogens with one attached hydrogen (secondary N) is 1. The number of Topliss-reactive ketones (excluding diaryl/α,β-unsaturated/α-hetero) is 1. The summed E-state index contributed by atoms with van der Waals surface area (Å²) in [5, 5.41) is 13.7. The van der Waals surface area contributed by atoms with Gasteiger partial charge < -0.3 is 19.9 Å². The lowest BCUT2D eigenvalue weighted by atomic mass is 9.99. The van der Waals surface area contributed by atoms with E-state index in [1.165, 1.54) is 0 Å². The molecule has 5 heteroatoms. The van der Waals surface area contributed by atoms with Gasteiger partial charge in [-0.25, -0.2) is 0 Å². The number of carbonyl (C=O) groups is 1. The lowest BCUT2D eigenvalue weighted by Gasteiger charge is -2.20. The van der Waals surface area contributed by atoms with Crippen molar-refractivity contribution in [3.8, 4) is 22.6 Å². The summed E-state index contributed by atoms with van der Waals surface area (Å²) < 4.78 is 10.7. The first kappa shape index (κ1) is 22.5. The fraction of sp³-hybridized carbons (Fsp3) is 0.269. The van der Waals surface area contributed by atoms with E-state index in [-0.39, 0.29) is 11.8 Å². The third-order valence-electron chi connectivity index (χ3n) is 5.36. The van der Waals surface area contributed by atoms with Crippen molar-refractivity contribution in [3.63, 3.8) is 0 Å². The quantitative estimate of drug-likeness (QED) is 0.468. The van der Waals surface area contributed by atoms with Crippen LogP contribution in [0.1, 0.15) is 35.4 Å². The van der Waals surface area contributed by atoms with Gasteiger partial charge in [-0.3, -0.25) is 4.79 Å². The van der Waals surface area contributed by atoms with Gasteiger partial charge in [-0.1, -0.05) is 48.5 Å². The van der Waals surface area contributed by atoms with Crippen LogP contribution in [0.15, 0.2) is 72.8 Å². The van der Waals surface area contributed by atoms with Crippen molar-refractivity contribution in [1.29, 1.82) is 0 Å². The molecule has 0 aliphatic heterocycles. The number of benzene rings is 3. The molecule has 162 valence electrons. The van der Waals surface area contributed by atoms with E-state index in [2.05, 4.69) is 5.32 Å². The largest absolute Gasteiger partial charge is 0.497 e. The van der Waals surface area contributed by atoms with E-state index >= 15 is 0 Å². The topological polar surface area (TPSA) is 67.8 Å². The van der Waals surface area contributed by atoms with Gasteiger partial charge in [0.1, 0.15) is 11.5 Å². The van der Waals surface area contributed by atoms with Crippen LogP contribution >= 0.6 is 0 Å². The van der Waals surface area contributed by atoms with E-state index in [9.17, 15) is 9.90 Å². The van der Waals surface area contributed by atoms with Crippen molar-refractivity contribution in [2.45, 2.75) is 25.5 Å². The number of aliphatic hydroxyl groups excluding tert-OH is 1. The van der Waals surface area contributed by atoms with Gasteiger partial charge in [0, 0.05) is 30.1 Å². The minimum atomic E-state index is -0.625. The summed E-state index contributed by atoms with van der Waals surface area (Å²) in [6.07, 6.45) is -0.295. The zero-order valence-electron chi connectivity index (χ0n) is 18.2. The van der Waals surface area contributed by atoms with Crippen molar-refractivity contribution in [2.24, 2.45) is 0 Å². The number of ether oxygens (including phenoxy) is 2. The normalized spacial score (nSPS) is 12.8. The fourth-order valence-corrected chi connectivity index (χ4v) is 3.48. The van der Waals surface area contributed by atoms with Gasteiger partial charge in [-0.2, -0.15) is 0 Å². The molecule has 3 aromatic carbocycles. The van der Waals surface area contributed by atoms with Crippen LogP contribution in [-0.4, -0.2) is 37.7 Å². The molecule has 2 unspecified atom stereocenters. The summed E-state index contributed by atoms with van der Waals surface area (Å²) in [6, 6.07) is 22.6. The Morgan fingerprint density at radius 3 is 2.32 bits per heavy atom. The smallest absolute Gasteiger partial charge is 0.164 e. The summed E-state index contributed by atoms with van der Waals surface area (Å²) in [4.78, 5) is 12.7. The molecule has 0 aliphatic carbocycles. The maximum absolute atomic E-state index is 12.7. The van der Waals surface area contributed by atoms with Crippen LogP contribution in [0.5, 0.6) is 11.5 Å². The van der Waals surface area contributed by atoms with Gasteiger partial charge in [-0.15, -0.1) is 0 Å². The number of aliphatic hydroxyl groups is 1. The highest BCUT2D eigenvalue weighted by molar-refractivity contribution is 5.97. The summed E-state index contributed by atoms with van der Waals surface area (Å²) >= 11 is 0. The van der Waals surface area contributed by atoms with E-state index in [0.29, 0.717) is 24.3 Å². The van der Waals surface area contributed by atoms with Crippen LogP contribution in [-0.2, 0) is 0 Å². The number of rotatable bonds is 10. The molecule has 0 aromatic heterocycles. The Hall–Kier alpha value is -3.15. The highest BCUT2D eigenvalue weighted by Gasteiger charge is 2.17. The van der Waals surface area contributed by atoms with Crippen molar-refractivity contribution >= 4 is 5.78 Å². The lowest BCUT2D eigenvalue weighted by Crippen LogP contribution is -2.33. The molecule has 0 amide bonds. The monoisotopic (exact) mass is 419 g/mol. The molecule has 0 aliphatic rings. The number of hydrogen-bond donors (Lipinski definition) is 2. The van der Waals surface area contributed by atoms with Crippen LogP contribution in [0, 0.1) is 0 Å². The van der Waals surface area contributed by atoms with Crippen molar-refractivity contribution in [1.82, 2.24) is 5.32 Å². The third-order valence-corrected chi connectivity index (χ3v) is 5.36. The third kappa shape index (κ3) is 5.72. The Labute approximate surface area is 183 Å². The zero-order valence-corrected chi connectivity index (χ0v) is 18.2.